The molecule has 0 aliphatic heterocycles. The summed E-state index contributed by atoms with van der Waals surface area (Å²) in [6.45, 7) is 1.96. The summed E-state index contributed by atoms with van der Waals surface area (Å²) in [5.41, 5.74) is 4.60. The second-order valence-corrected chi connectivity index (χ2v) is 5.51. The van der Waals surface area contributed by atoms with Crippen LogP contribution in [0.4, 0.5) is 8.78 Å². The lowest BCUT2D eigenvalue weighted by Gasteiger charge is -2.18. The molecule has 1 atom stereocenters. The minimum atomic E-state index is -0.585. The molecular formula is C15H15BrF2N2. The largest absolute Gasteiger partial charge is 0.271 e. The predicted octanol–water partition coefficient (Wildman–Crippen LogP) is 3.78. The Morgan fingerprint density at radius 3 is 2.65 bits per heavy atom. The SMILES string of the molecule is Cc1cccc(C(Cc2c(F)ccc(Br)c2F)NN)c1. The van der Waals surface area contributed by atoms with Gasteiger partial charge in [-0.05, 0) is 47.0 Å². The second-order valence-electron chi connectivity index (χ2n) is 4.66. The van der Waals surface area contributed by atoms with Gasteiger partial charge in [-0.3, -0.25) is 11.3 Å². The van der Waals surface area contributed by atoms with E-state index in [1.807, 2.05) is 31.2 Å². The van der Waals surface area contributed by atoms with Crippen LogP contribution in [0.15, 0.2) is 40.9 Å². The van der Waals surface area contributed by atoms with Crippen molar-refractivity contribution in [1.82, 2.24) is 5.43 Å². The molecule has 2 nitrogen and oxygen atoms in total. The Hall–Kier alpha value is -1.30. The van der Waals surface area contributed by atoms with Crippen molar-refractivity contribution in [2.75, 3.05) is 0 Å². The van der Waals surface area contributed by atoms with Crippen molar-refractivity contribution >= 4 is 15.9 Å². The number of rotatable bonds is 4. The molecule has 0 fully saturated rings. The van der Waals surface area contributed by atoms with E-state index in [2.05, 4.69) is 21.4 Å². The van der Waals surface area contributed by atoms with E-state index in [4.69, 9.17) is 5.84 Å². The lowest BCUT2D eigenvalue weighted by molar-refractivity contribution is 0.498. The van der Waals surface area contributed by atoms with Crippen molar-refractivity contribution in [2.24, 2.45) is 5.84 Å². The molecular weight excluding hydrogens is 326 g/mol. The van der Waals surface area contributed by atoms with Gasteiger partial charge in [-0.2, -0.15) is 0 Å². The number of benzene rings is 2. The maximum atomic E-state index is 14.0. The smallest absolute Gasteiger partial charge is 0.143 e. The summed E-state index contributed by atoms with van der Waals surface area (Å²) in [6.07, 6.45) is 0.136. The molecule has 20 heavy (non-hydrogen) atoms. The fourth-order valence-corrected chi connectivity index (χ4v) is 2.49. The summed E-state index contributed by atoms with van der Waals surface area (Å²) in [5, 5.41) is 0. The van der Waals surface area contributed by atoms with E-state index in [1.165, 1.54) is 12.1 Å². The average molecular weight is 341 g/mol. The summed E-state index contributed by atoms with van der Waals surface area (Å²) in [6, 6.07) is 9.91. The quantitative estimate of drug-likeness (QED) is 0.505. The van der Waals surface area contributed by atoms with Crippen LogP contribution in [0, 0.1) is 18.6 Å². The van der Waals surface area contributed by atoms with Gasteiger partial charge in [0.25, 0.3) is 0 Å². The number of hydrogen-bond acceptors (Lipinski definition) is 2. The van der Waals surface area contributed by atoms with E-state index in [0.717, 1.165) is 11.1 Å². The molecule has 0 heterocycles. The number of hydrazine groups is 1. The summed E-state index contributed by atoms with van der Waals surface area (Å²) < 4.78 is 28.0. The highest BCUT2D eigenvalue weighted by Crippen LogP contribution is 2.26. The predicted molar refractivity (Wildman–Crippen MR) is 79.0 cm³/mol. The van der Waals surface area contributed by atoms with Crippen LogP contribution >= 0.6 is 15.9 Å². The van der Waals surface area contributed by atoms with Crippen molar-refractivity contribution in [3.05, 3.63) is 69.2 Å². The molecule has 0 aliphatic rings. The Balaban J connectivity index is 2.34. The number of aryl methyl sites for hydroxylation is 1. The van der Waals surface area contributed by atoms with E-state index < -0.39 is 11.6 Å². The van der Waals surface area contributed by atoms with Crippen LogP contribution in [0.3, 0.4) is 0 Å². The normalized spacial score (nSPS) is 12.4. The molecule has 0 saturated carbocycles. The maximum Gasteiger partial charge on any atom is 0.143 e. The van der Waals surface area contributed by atoms with E-state index in [-0.39, 0.29) is 22.5 Å². The zero-order valence-electron chi connectivity index (χ0n) is 11.0. The lowest BCUT2D eigenvalue weighted by Crippen LogP contribution is -2.30. The summed E-state index contributed by atoms with van der Waals surface area (Å²) in [5.74, 6) is 4.38. The summed E-state index contributed by atoms with van der Waals surface area (Å²) >= 11 is 3.07. The van der Waals surface area contributed by atoms with Crippen LogP contribution in [0.25, 0.3) is 0 Å². The maximum absolute atomic E-state index is 14.0. The van der Waals surface area contributed by atoms with Gasteiger partial charge in [-0.25, -0.2) is 8.78 Å². The third kappa shape index (κ3) is 3.23. The summed E-state index contributed by atoms with van der Waals surface area (Å²) in [7, 11) is 0. The number of nitrogens with two attached hydrogens (primary N) is 1. The van der Waals surface area contributed by atoms with Gasteiger partial charge in [0.1, 0.15) is 11.6 Å². The van der Waals surface area contributed by atoms with Crippen molar-refractivity contribution in [2.45, 2.75) is 19.4 Å². The van der Waals surface area contributed by atoms with Gasteiger partial charge in [0.05, 0.1) is 10.5 Å². The van der Waals surface area contributed by atoms with E-state index in [9.17, 15) is 8.78 Å². The van der Waals surface area contributed by atoms with Crippen LogP contribution < -0.4 is 11.3 Å². The van der Waals surface area contributed by atoms with Gasteiger partial charge in [-0.1, -0.05) is 29.8 Å². The van der Waals surface area contributed by atoms with Crippen LogP contribution in [0.2, 0.25) is 0 Å². The van der Waals surface area contributed by atoms with Crippen molar-refractivity contribution in [1.29, 1.82) is 0 Å². The van der Waals surface area contributed by atoms with Gasteiger partial charge in [0, 0.05) is 5.56 Å². The van der Waals surface area contributed by atoms with Crippen LogP contribution in [-0.4, -0.2) is 0 Å². The van der Waals surface area contributed by atoms with Crippen LogP contribution in [0.1, 0.15) is 22.7 Å². The Morgan fingerprint density at radius 2 is 2.00 bits per heavy atom. The van der Waals surface area contributed by atoms with Crippen LogP contribution in [0.5, 0.6) is 0 Å². The first kappa shape index (κ1) is 15.1. The van der Waals surface area contributed by atoms with E-state index >= 15 is 0 Å². The molecule has 2 aromatic carbocycles. The first-order chi connectivity index (χ1) is 9.52. The Labute approximate surface area is 125 Å². The van der Waals surface area contributed by atoms with Crippen LogP contribution in [-0.2, 0) is 6.42 Å². The molecule has 0 aliphatic carbocycles. The van der Waals surface area contributed by atoms with Crippen molar-refractivity contribution in [3.63, 3.8) is 0 Å². The number of nitrogens with one attached hydrogen (secondary N) is 1. The molecule has 0 radical (unpaired) electrons. The highest BCUT2D eigenvalue weighted by atomic mass is 79.9. The fourth-order valence-electron chi connectivity index (χ4n) is 2.12. The standard InChI is InChI=1S/C15H15BrF2N2/c1-9-3-2-4-10(7-9)14(20-19)8-11-13(17)6-5-12(16)15(11)18/h2-7,14,20H,8,19H2,1H3. The molecule has 1 unspecified atom stereocenters. The van der Waals surface area contributed by atoms with Gasteiger partial charge in [0.2, 0.25) is 0 Å². The topological polar surface area (TPSA) is 38.0 Å². The fraction of sp³-hybridized carbons (Fsp3) is 0.200. The van der Waals surface area contributed by atoms with Gasteiger partial charge < -0.3 is 0 Å². The molecule has 0 bridgehead atoms. The first-order valence-electron chi connectivity index (χ1n) is 6.18. The molecule has 0 amide bonds. The zero-order valence-corrected chi connectivity index (χ0v) is 12.5. The minimum Gasteiger partial charge on any atom is -0.271 e. The molecule has 0 aromatic heterocycles. The van der Waals surface area contributed by atoms with E-state index in [1.54, 1.807) is 0 Å². The monoisotopic (exact) mass is 340 g/mol. The highest BCUT2D eigenvalue weighted by Gasteiger charge is 2.18. The van der Waals surface area contributed by atoms with Gasteiger partial charge in [0.15, 0.2) is 0 Å². The summed E-state index contributed by atoms with van der Waals surface area (Å²) in [4.78, 5) is 0. The molecule has 106 valence electrons. The van der Waals surface area contributed by atoms with Crippen molar-refractivity contribution in [3.8, 4) is 0 Å². The third-order valence-electron chi connectivity index (χ3n) is 3.19. The van der Waals surface area contributed by atoms with E-state index in [0.29, 0.717) is 0 Å². The van der Waals surface area contributed by atoms with Gasteiger partial charge in [-0.15, -0.1) is 0 Å². The third-order valence-corrected chi connectivity index (χ3v) is 3.81. The second kappa shape index (κ2) is 6.43. The zero-order chi connectivity index (χ0) is 14.7. The molecule has 3 N–H and O–H groups in total. The number of hydrogen-bond donors (Lipinski definition) is 2. The highest BCUT2D eigenvalue weighted by molar-refractivity contribution is 9.10. The molecule has 2 rings (SSSR count). The Bertz CT molecular complexity index is 617. The molecule has 0 saturated heterocycles. The minimum absolute atomic E-state index is 0.0174. The lowest BCUT2D eigenvalue weighted by atomic mass is 9.97. The van der Waals surface area contributed by atoms with Gasteiger partial charge >= 0.3 is 0 Å². The molecule has 5 heteroatoms. The molecule has 0 spiro atoms. The number of halogens is 3. The van der Waals surface area contributed by atoms with Crippen molar-refractivity contribution < 1.29 is 8.78 Å². The Morgan fingerprint density at radius 1 is 1.25 bits per heavy atom. The molecule has 2 aromatic rings. The Kier molecular flexibility index (Phi) is 4.86. The first-order valence-corrected chi connectivity index (χ1v) is 6.97. The average Bonchev–Trinajstić information content (AvgIpc) is 2.43.